The largest absolute Gasteiger partial charge is 0.477 e. The molecule has 2 heterocycles. The van der Waals surface area contributed by atoms with Crippen molar-refractivity contribution in [3.63, 3.8) is 0 Å². The number of hydrogen-bond donors (Lipinski definition) is 1. The first-order chi connectivity index (χ1) is 8.08. The molecule has 0 aliphatic heterocycles. The molecule has 0 aliphatic carbocycles. The topological polar surface area (TPSA) is 53.4 Å². The molecule has 0 saturated carbocycles. The van der Waals surface area contributed by atoms with E-state index in [4.69, 9.17) is 5.11 Å². The highest BCUT2D eigenvalue weighted by Gasteiger charge is 2.11. The molecule has 0 aromatic carbocycles. The van der Waals surface area contributed by atoms with Crippen molar-refractivity contribution in [1.29, 1.82) is 0 Å². The first kappa shape index (κ1) is 12.1. The van der Waals surface area contributed by atoms with Crippen LogP contribution in [0.5, 0.6) is 0 Å². The van der Waals surface area contributed by atoms with Gasteiger partial charge in [0.25, 0.3) is 0 Å². The maximum Gasteiger partial charge on any atom is 0.345 e. The van der Waals surface area contributed by atoms with Gasteiger partial charge in [-0.2, -0.15) is 0 Å². The second-order valence-corrected chi connectivity index (χ2v) is 5.54. The number of thiophene rings is 1. The van der Waals surface area contributed by atoms with Crippen LogP contribution >= 0.6 is 22.7 Å². The van der Waals surface area contributed by atoms with Gasteiger partial charge in [-0.05, 0) is 13.0 Å². The van der Waals surface area contributed by atoms with E-state index in [-0.39, 0.29) is 0 Å². The Balaban J connectivity index is 2.12. The Hall–Kier alpha value is -1.40. The third-order valence-electron chi connectivity index (χ3n) is 2.46. The SMILES string of the molecule is Cc1ncsc1CN(C)c1csc(C(=O)O)c1. The molecule has 0 spiro atoms. The number of aryl methyl sites for hydroxylation is 1. The van der Waals surface area contributed by atoms with E-state index in [1.54, 1.807) is 17.4 Å². The van der Waals surface area contributed by atoms with Crippen molar-refractivity contribution in [2.75, 3.05) is 11.9 Å². The lowest BCUT2D eigenvalue weighted by Gasteiger charge is -2.16. The van der Waals surface area contributed by atoms with Crippen LogP contribution in [-0.4, -0.2) is 23.1 Å². The van der Waals surface area contributed by atoms with Crippen molar-refractivity contribution in [1.82, 2.24) is 4.98 Å². The van der Waals surface area contributed by atoms with Crippen LogP contribution in [0, 0.1) is 6.92 Å². The standard InChI is InChI=1S/C11H12N2O2S2/c1-7-10(17-6-12-7)4-13(2)8-3-9(11(14)15)16-5-8/h3,5-6H,4H2,1-2H3,(H,14,15). The van der Waals surface area contributed by atoms with E-state index in [2.05, 4.69) is 4.98 Å². The van der Waals surface area contributed by atoms with Crippen LogP contribution in [0.3, 0.4) is 0 Å². The number of hydrogen-bond acceptors (Lipinski definition) is 5. The maximum absolute atomic E-state index is 10.8. The summed E-state index contributed by atoms with van der Waals surface area (Å²) in [6.07, 6.45) is 0. The van der Waals surface area contributed by atoms with Gasteiger partial charge in [0.15, 0.2) is 0 Å². The Labute approximate surface area is 107 Å². The van der Waals surface area contributed by atoms with Gasteiger partial charge in [0.2, 0.25) is 0 Å². The quantitative estimate of drug-likeness (QED) is 0.926. The van der Waals surface area contributed by atoms with Crippen LogP contribution in [0.2, 0.25) is 0 Å². The number of nitrogens with zero attached hydrogens (tertiary/aromatic N) is 2. The summed E-state index contributed by atoms with van der Waals surface area (Å²) in [6, 6.07) is 1.70. The maximum atomic E-state index is 10.8. The normalized spacial score (nSPS) is 10.5. The van der Waals surface area contributed by atoms with Gasteiger partial charge in [0.05, 0.1) is 17.7 Å². The van der Waals surface area contributed by atoms with Gasteiger partial charge in [0, 0.05) is 23.0 Å². The lowest BCUT2D eigenvalue weighted by molar-refractivity contribution is 0.0702. The number of anilines is 1. The molecule has 0 aliphatic rings. The third-order valence-corrected chi connectivity index (χ3v) is 4.29. The van der Waals surface area contributed by atoms with E-state index in [0.29, 0.717) is 4.88 Å². The summed E-state index contributed by atoms with van der Waals surface area (Å²) in [4.78, 5) is 18.6. The third kappa shape index (κ3) is 2.65. The van der Waals surface area contributed by atoms with Crippen LogP contribution in [0.4, 0.5) is 5.69 Å². The zero-order chi connectivity index (χ0) is 12.4. The van der Waals surface area contributed by atoms with Gasteiger partial charge in [-0.1, -0.05) is 0 Å². The van der Waals surface area contributed by atoms with Crippen LogP contribution < -0.4 is 4.90 Å². The van der Waals surface area contributed by atoms with E-state index in [9.17, 15) is 4.79 Å². The van der Waals surface area contributed by atoms with E-state index in [1.165, 1.54) is 16.2 Å². The second kappa shape index (κ2) is 4.85. The van der Waals surface area contributed by atoms with Crippen molar-refractivity contribution >= 4 is 34.3 Å². The lowest BCUT2D eigenvalue weighted by atomic mass is 10.3. The van der Waals surface area contributed by atoms with Gasteiger partial charge < -0.3 is 10.0 Å². The van der Waals surface area contributed by atoms with Crippen molar-refractivity contribution in [2.24, 2.45) is 0 Å². The highest BCUT2D eigenvalue weighted by atomic mass is 32.1. The number of aromatic nitrogens is 1. The molecule has 0 atom stereocenters. The first-order valence-electron chi connectivity index (χ1n) is 5.00. The second-order valence-electron chi connectivity index (χ2n) is 3.69. The minimum atomic E-state index is -0.872. The summed E-state index contributed by atoms with van der Waals surface area (Å²) < 4.78 is 0. The Kier molecular flexibility index (Phi) is 3.44. The number of aromatic carboxylic acids is 1. The van der Waals surface area contributed by atoms with E-state index < -0.39 is 5.97 Å². The Bertz CT molecular complexity index is 533. The van der Waals surface area contributed by atoms with Crippen molar-refractivity contribution in [3.8, 4) is 0 Å². The van der Waals surface area contributed by atoms with Gasteiger partial charge in [0.1, 0.15) is 4.88 Å². The summed E-state index contributed by atoms with van der Waals surface area (Å²) in [5.41, 5.74) is 3.80. The first-order valence-corrected chi connectivity index (χ1v) is 6.76. The molecular weight excluding hydrogens is 256 g/mol. The monoisotopic (exact) mass is 268 g/mol. The lowest BCUT2D eigenvalue weighted by Crippen LogP contribution is -2.15. The van der Waals surface area contributed by atoms with Crippen LogP contribution in [0.15, 0.2) is 17.0 Å². The van der Waals surface area contributed by atoms with Gasteiger partial charge >= 0.3 is 5.97 Å². The van der Waals surface area contributed by atoms with Gasteiger partial charge in [-0.25, -0.2) is 9.78 Å². The summed E-state index contributed by atoms with van der Waals surface area (Å²) in [6.45, 7) is 2.74. The summed E-state index contributed by atoms with van der Waals surface area (Å²) in [5, 5.41) is 10.7. The molecule has 2 rings (SSSR count). The number of rotatable bonds is 4. The Morgan fingerprint density at radius 1 is 1.53 bits per heavy atom. The minimum Gasteiger partial charge on any atom is -0.477 e. The van der Waals surface area contributed by atoms with E-state index in [0.717, 1.165) is 17.9 Å². The summed E-state index contributed by atoms with van der Waals surface area (Å²) in [5.74, 6) is -0.872. The molecule has 90 valence electrons. The van der Waals surface area contributed by atoms with Crippen LogP contribution in [0.25, 0.3) is 0 Å². The molecule has 6 heteroatoms. The molecule has 2 aromatic rings. The molecule has 4 nitrogen and oxygen atoms in total. The average molecular weight is 268 g/mol. The smallest absolute Gasteiger partial charge is 0.345 e. The van der Waals surface area contributed by atoms with E-state index in [1.807, 2.05) is 29.8 Å². The molecule has 0 bridgehead atoms. The molecule has 0 radical (unpaired) electrons. The van der Waals surface area contributed by atoms with E-state index >= 15 is 0 Å². The zero-order valence-electron chi connectivity index (χ0n) is 9.51. The van der Waals surface area contributed by atoms with Crippen LogP contribution in [0.1, 0.15) is 20.2 Å². The number of carbonyl (C=O) groups is 1. The minimum absolute atomic E-state index is 0.368. The van der Waals surface area contributed by atoms with Gasteiger partial charge in [-0.3, -0.25) is 0 Å². The average Bonchev–Trinajstić information content (AvgIpc) is 2.88. The molecular formula is C11H12N2O2S2. The fourth-order valence-corrected chi connectivity index (χ4v) is 3.04. The number of carboxylic acid groups (broad SMARTS) is 1. The van der Waals surface area contributed by atoms with Crippen molar-refractivity contribution in [3.05, 3.63) is 32.4 Å². The Morgan fingerprint density at radius 2 is 2.29 bits per heavy atom. The molecule has 1 N–H and O–H groups in total. The molecule has 0 amide bonds. The molecule has 17 heavy (non-hydrogen) atoms. The Morgan fingerprint density at radius 3 is 2.82 bits per heavy atom. The molecule has 2 aromatic heterocycles. The van der Waals surface area contributed by atoms with Crippen molar-refractivity contribution in [2.45, 2.75) is 13.5 Å². The number of carboxylic acids is 1. The van der Waals surface area contributed by atoms with Gasteiger partial charge in [-0.15, -0.1) is 22.7 Å². The summed E-state index contributed by atoms with van der Waals surface area (Å²) in [7, 11) is 1.95. The highest BCUT2D eigenvalue weighted by molar-refractivity contribution is 7.12. The molecule has 0 saturated heterocycles. The fraction of sp³-hybridized carbons (Fsp3) is 0.273. The predicted octanol–water partition coefficient (Wildman–Crippen LogP) is 2.85. The van der Waals surface area contributed by atoms with Crippen molar-refractivity contribution < 1.29 is 9.90 Å². The fourth-order valence-electron chi connectivity index (χ4n) is 1.42. The highest BCUT2D eigenvalue weighted by Crippen LogP contribution is 2.25. The number of thiazole rings is 1. The predicted molar refractivity (Wildman–Crippen MR) is 70.2 cm³/mol. The zero-order valence-corrected chi connectivity index (χ0v) is 11.1. The van der Waals surface area contributed by atoms with Crippen LogP contribution in [-0.2, 0) is 6.54 Å². The molecule has 0 fully saturated rings. The molecule has 0 unspecified atom stereocenters. The summed E-state index contributed by atoms with van der Waals surface area (Å²) >= 11 is 2.87.